The van der Waals surface area contributed by atoms with E-state index in [4.69, 9.17) is 5.11 Å². The van der Waals surface area contributed by atoms with Gasteiger partial charge in [-0.25, -0.2) is 9.18 Å². The maximum atomic E-state index is 12.9. The fraction of sp³-hybridized carbons (Fsp3) is 0.222. The lowest BCUT2D eigenvalue weighted by molar-refractivity contribution is 0.0428. The third-order valence-electron chi connectivity index (χ3n) is 1.42. The summed E-state index contributed by atoms with van der Waals surface area (Å²) >= 11 is 0. The molecule has 0 radical (unpaired) electrons. The van der Waals surface area contributed by atoms with E-state index >= 15 is 0 Å². The van der Waals surface area contributed by atoms with Gasteiger partial charge >= 0.3 is 5.97 Å². The average molecular weight is 184 g/mol. The smallest absolute Gasteiger partial charge is 0.341 e. The highest BCUT2D eigenvalue weighted by Gasteiger charge is 2.10. The molecule has 0 fully saturated rings. The van der Waals surface area contributed by atoms with Crippen molar-refractivity contribution in [2.45, 2.75) is 0 Å². The predicted molar refractivity (Wildman–Crippen MR) is 43.8 cm³/mol. The first kappa shape index (κ1) is 9.67. The summed E-state index contributed by atoms with van der Waals surface area (Å²) in [6.07, 6.45) is 0. The predicted octanol–water partition coefficient (Wildman–Crippen LogP) is 0.975. The molecule has 0 aliphatic rings. The molecule has 0 aliphatic carbocycles. The van der Waals surface area contributed by atoms with Crippen molar-refractivity contribution in [2.75, 3.05) is 13.2 Å². The molecule has 0 saturated heterocycles. The van der Waals surface area contributed by atoms with Gasteiger partial charge in [-0.1, -0.05) is 12.1 Å². The molecule has 1 aromatic carbocycles. The maximum Gasteiger partial charge on any atom is 0.341 e. The van der Waals surface area contributed by atoms with Crippen molar-refractivity contribution in [3.63, 3.8) is 0 Å². The van der Waals surface area contributed by atoms with Gasteiger partial charge in [-0.05, 0) is 12.1 Å². The SMILES string of the molecule is O=C(OCCO)c1ccccc1F. The standard InChI is InChI=1S/C9H9FO3/c10-8-4-2-1-3-7(8)9(12)13-6-5-11/h1-4,11H,5-6H2. The van der Waals surface area contributed by atoms with E-state index in [0.717, 1.165) is 0 Å². The van der Waals surface area contributed by atoms with Crippen LogP contribution in [0.15, 0.2) is 24.3 Å². The van der Waals surface area contributed by atoms with Crippen LogP contribution >= 0.6 is 0 Å². The minimum atomic E-state index is -0.757. The zero-order valence-corrected chi connectivity index (χ0v) is 6.87. The number of esters is 1. The van der Waals surface area contributed by atoms with Crippen LogP contribution in [0.1, 0.15) is 10.4 Å². The Morgan fingerprint density at radius 1 is 1.46 bits per heavy atom. The molecule has 13 heavy (non-hydrogen) atoms. The molecule has 0 unspecified atom stereocenters. The summed E-state index contributed by atoms with van der Waals surface area (Å²) in [5.74, 6) is -1.38. The van der Waals surface area contributed by atoms with Crippen LogP contribution in [-0.2, 0) is 4.74 Å². The van der Waals surface area contributed by atoms with Gasteiger partial charge in [-0.15, -0.1) is 0 Å². The number of rotatable bonds is 3. The Bertz CT molecular complexity index is 299. The van der Waals surface area contributed by atoms with Gasteiger partial charge < -0.3 is 9.84 Å². The molecular weight excluding hydrogens is 175 g/mol. The Hall–Kier alpha value is -1.42. The van der Waals surface area contributed by atoms with Crippen LogP contribution in [-0.4, -0.2) is 24.3 Å². The van der Waals surface area contributed by atoms with E-state index in [1.54, 1.807) is 6.07 Å². The van der Waals surface area contributed by atoms with Gasteiger partial charge in [0.25, 0.3) is 0 Å². The maximum absolute atomic E-state index is 12.9. The number of carbonyl (C=O) groups excluding carboxylic acids is 1. The van der Waals surface area contributed by atoms with Crippen LogP contribution in [0.5, 0.6) is 0 Å². The monoisotopic (exact) mass is 184 g/mol. The molecule has 4 heteroatoms. The van der Waals surface area contributed by atoms with Crippen molar-refractivity contribution in [3.05, 3.63) is 35.6 Å². The topological polar surface area (TPSA) is 46.5 Å². The van der Waals surface area contributed by atoms with Gasteiger partial charge in [-0.3, -0.25) is 0 Å². The molecule has 0 spiro atoms. The normalized spacial score (nSPS) is 9.69. The molecule has 1 aromatic rings. The lowest BCUT2D eigenvalue weighted by Gasteiger charge is -2.02. The molecule has 0 bridgehead atoms. The van der Waals surface area contributed by atoms with Crippen molar-refractivity contribution >= 4 is 5.97 Å². The van der Waals surface area contributed by atoms with E-state index in [1.165, 1.54) is 18.2 Å². The quantitative estimate of drug-likeness (QED) is 0.712. The Morgan fingerprint density at radius 2 is 2.15 bits per heavy atom. The van der Waals surface area contributed by atoms with E-state index in [-0.39, 0.29) is 18.8 Å². The van der Waals surface area contributed by atoms with Crippen LogP contribution in [0.2, 0.25) is 0 Å². The van der Waals surface area contributed by atoms with Crippen molar-refractivity contribution in [2.24, 2.45) is 0 Å². The second-order valence-electron chi connectivity index (χ2n) is 2.34. The molecule has 0 saturated carbocycles. The molecule has 0 atom stereocenters. The Balaban J connectivity index is 2.71. The summed E-state index contributed by atoms with van der Waals surface area (Å²) in [6, 6.07) is 5.53. The van der Waals surface area contributed by atoms with E-state index in [9.17, 15) is 9.18 Å². The van der Waals surface area contributed by atoms with Gasteiger partial charge in [0.1, 0.15) is 12.4 Å². The highest BCUT2D eigenvalue weighted by molar-refractivity contribution is 5.89. The van der Waals surface area contributed by atoms with Crippen LogP contribution in [0.4, 0.5) is 4.39 Å². The van der Waals surface area contributed by atoms with E-state index in [0.29, 0.717) is 0 Å². The average Bonchev–Trinajstić information content (AvgIpc) is 2.15. The molecule has 1 rings (SSSR count). The molecule has 0 aromatic heterocycles. The number of hydrogen-bond acceptors (Lipinski definition) is 3. The summed E-state index contributed by atoms with van der Waals surface area (Å²) in [7, 11) is 0. The lowest BCUT2D eigenvalue weighted by Crippen LogP contribution is -2.10. The van der Waals surface area contributed by atoms with Crippen molar-refractivity contribution in [3.8, 4) is 0 Å². The largest absolute Gasteiger partial charge is 0.460 e. The van der Waals surface area contributed by atoms with Gasteiger partial charge in [0.15, 0.2) is 0 Å². The summed E-state index contributed by atoms with van der Waals surface area (Å²) in [6.45, 7) is -0.382. The van der Waals surface area contributed by atoms with E-state index in [1.807, 2.05) is 0 Å². The molecule has 0 amide bonds. The Morgan fingerprint density at radius 3 is 2.77 bits per heavy atom. The number of benzene rings is 1. The summed E-state index contributed by atoms with van der Waals surface area (Å²) in [4.78, 5) is 11.1. The van der Waals surface area contributed by atoms with Crippen LogP contribution in [0, 0.1) is 5.82 Å². The Kier molecular flexibility index (Phi) is 3.40. The van der Waals surface area contributed by atoms with Crippen LogP contribution < -0.4 is 0 Å². The van der Waals surface area contributed by atoms with Crippen molar-refractivity contribution in [1.82, 2.24) is 0 Å². The van der Waals surface area contributed by atoms with E-state index in [2.05, 4.69) is 4.74 Å². The summed E-state index contributed by atoms with van der Waals surface area (Å²) in [5.41, 5.74) is -0.115. The van der Waals surface area contributed by atoms with Gasteiger partial charge in [-0.2, -0.15) is 0 Å². The number of carbonyl (C=O) groups is 1. The zero-order chi connectivity index (χ0) is 9.68. The second kappa shape index (κ2) is 4.57. The number of ether oxygens (including phenoxy) is 1. The second-order valence-corrected chi connectivity index (χ2v) is 2.34. The fourth-order valence-electron chi connectivity index (χ4n) is 0.843. The number of halogens is 1. The first-order valence-electron chi connectivity index (χ1n) is 3.78. The molecule has 0 heterocycles. The van der Waals surface area contributed by atoms with E-state index < -0.39 is 11.8 Å². The molecular formula is C9H9FO3. The van der Waals surface area contributed by atoms with Crippen LogP contribution in [0.3, 0.4) is 0 Å². The number of aliphatic hydroxyl groups excluding tert-OH is 1. The summed E-state index contributed by atoms with van der Waals surface area (Å²) in [5, 5.41) is 8.36. The first-order chi connectivity index (χ1) is 6.25. The molecule has 1 N–H and O–H groups in total. The lowest BCUT2D eigenvalue weighted by atomic mass is 10.2. The highest BCUT2D eigenvalue weighted by Crippen LogP contribution is 2.07. The molecule has 70 valence electrons. The molecule has 0 aliphatic heterocycles. The number of aliphatic hydroxyl groups is 1. The minimum absolute atomic E-state index is 0.115. The third kappa shape index (κ3) is 2.52. The summed E-state index contributed by atoms with van der Waals surface area (Å²) < 4.78 is 17.4. The van der Waals surface area contributed by atoms with Crippen molar-refractivity contribution < 1.29 is 19.0 Å². The van der Waals surface area contributed by atoms with Gasteiger partial charge in [0, 0.05) is 0 Å². The Labute approximate surface area is 74.8 Å². The molecule has 3 nitrogen and oxygen atoms in total. The van der Waals surface area contributed by atoms with Crippen molar-refractivity contribution in [1.29, 1.82) is 0 Å². The fourth-order valence-corrected chi connectivity index (χ4v) is 0.843. The first-order valence-corrected chi connectivity index (χ1v) is 3.78. The minimum Gasteiger partial charge on any atom is -0.460 e. The highest BCUT2D eigenvalue weighted by atomic mass is 19.1. The third-order valence-corrected chi connectivity index (χ3v) is 1.42. The van der Waals surface area contributed by atoms with Crippen LogP contribution in [0.25, 0.3) is 0 Å². The van der Waals surface area contributed by atoms with Gasteiger partial charge in [0.2, 0.25) is 0 Å². The zero-order valence-electron chi connectivity index (χ0n) is 6.87. The number of hydrogen-bond donors (Lipinski definition) is 1. The van der Waals surface area contributed by atoms with Gasteiger partial charge in [0.05, 0.1) is 12.2 Å².